The molecule has 2 aliphatic heterocycles. The summed E-state index contributed by atoms with van der Waals surface area (Å²) in [5.41, 5.74) is -0.870. The first-order valence-electron chi connectivity index (χ1n) is 11.2. The van der Waals surface area contributed by atoms with E-state index < -0.39 is 35.1 Å². The molecule has 11 heteroatoms. The Hall–Kier alpha value is -3.60. The van der Waals surface area contributed by atoms with Gasteiger partial charge in [0.15, 0.2) is 0 Å². The number of rotatable bonds is 7. The summed E-state index contributed by atoms with van der Waals surface area (Å²) in [5.74, 6) is -1.04. The van der Waals surface area contributed by atoms with Crippen molar-refractivity contribution in [1.82, 2.24) is 16.0 Å². The summed E-state index contributed by atoms with van der Waals surface area (Å²) < 4.78 is 45.0. The smallest absolute Gasteiger partial charge is 0.378 e. The number of benzene rings is 2. The van der Waals surface area contributed by atoms with Crippen molar-refractivity contribution in [2.75, 3.05) is 18.5 Å². The van der Waals surface area contributed by atoms with Crippen molar-refractivity contribution in [1.29, 1.82) is 0 Å². The maximum Gasteiger partial charge on any atom is 0.418 e. The van der Waals surface area contributed by atoms with E-state index in [0.717, 1.165) is 11.6 Å². The van der Waals surface area contributed by atoms with E-state index >= 15 is 0 Å². The fourth-order valence-electron chi connectivity index (χ4n) is 4.09. The first kappa shape index (κ1) is 24.5. The van der Waals surface area contributed by atoms with Gasteiger partial charge in [-0.15, -0.1) is 0 Å². The molecule has 4 N–H and O–H groups in total. The molecule has 2 aromatic rings. The van der Waals surface area contributed by atoms with Crippen LogP contribution in [0.25, 0.3) is 0 Å². The third-order valence-electron chi connectivity index (χ3n) is 6.05. The van der Waals surface area contributed by atoms with Gasteiger partial charge in [0, 0.05) is 31.7 Å². The Morgan fingerprint density at radius 1 is 1.11 bits per heavy atom. The normalized spacial score (nSPS) is 21.9. The maximum absolute atomic E-state index is 13.2. The first-order valence-corrected chi connectivity index (χ1v) is 11.2. The lowest BCUT2D eigenvalue weighted by Crippen LogP contribution is -2.61. The van der Waals surface area contributed by atoms with Gasteiger partial charge in [0.05, 0.1) is 17.9 Å². The van der Waals surface area contributed by atoms with Crippen LogP contribution in [0.15, 0.2) is 48.5 Å². The number of nitrogens with one attached hydrogen (secondary N) is 4. The molecule has 0 saturated carbocycles. The highest BCUT2D eigenvalue weighted by molar-refractivity contribution is 5.96. The van der Waals surface area contributed by atoms with Gasteiger partial charge in [0.25, 0.3) is 0 Å². The molecule has 0 spiro atoms. The van der Waals surface area contributed by atoms with Gasteiger partial charge in [-0.1, -0.05) is 24.3 Å². The lowest BCUT2D eigenvalue weighted by molar-refractivity contribution is -0.137. The molecule has 2 fully saturated rings. The number of carbonyl (C=O) groups is 3. The quantitative estimate of drug-likeness (QED) is 0.477. The SMILES string of the molecule is O=C1CCC(C(=O)N[C@@]2(C(=O)NCc3ccc(Nc4ccccc4C(F)(F)F)cc3)CCOC2)N1. The zero-order chi connectivity index (χ0) is 25.1. The Morgan fingerprint density at radius 2 is 1.86 bits per heavy atom. The van der Waals surface area contributed by atoms with E-state index in [2.05, 4.69) is 21.3 Å². The number of ether oxygens (including phenoxy) is 1. The molecule has 35 heavy (non-hydrogen) atoms. The fraction of sp³-hybridized carbons (Fsp3) is 0.375. The molecule has 2 saturated heterocycles. The second kappa shape index (κ2) is 9.95. The summed E-state index contributed by atoms with van der Waals surface area (Å²) in [4.78, 5) is 37.0. The van der Waals surface area contributed by atoms with Gasteiger partial charge in [0.1, 0.15) is 11.6 Å². The summed E-state index contributed by atoms with van der Waals surface area (Å²) in [6.07, 6.45) is -3.54. The van der Waals surface area contributed by atoms with Gasteiger partial charge in [0.2, 0.25) is 17.7 Å². The summed E-state index contributed by atoms with van der Waals surface area (Å²) in [6.45, 7) is 0.479. The van der Waals surface area contributed by atoms with Crippen LogP contribution in [-0.2, 0) is 31.8 Å². The van der Waals surface area contributed by atoms with Crippen LogP contribution in [0.4, 0.5) is 24.5 Å². The minimum absolute atomic E-state index is 0.0205. The van der Waals surface area contributed by atoms with Crippen LogP contribution < -0.4 is 21.3 Å². The van der Waals surface area contributed by atoms with E-state index in [0.29, 0.717) is 25.1 Å². The van der Waals surface area contributed by atoms with Gasteiger partial charge in [-0.05, 0) is 36.2 Å². The highest BCUT2D eigenvalue weighted by Crippen LogP contribution is 2.35. The third-order valence-corrected chi connectivity index (χ3v) is 6.05. The lowest BCUT2D eigenvalue weighted by Gasteiger charge is -2.29. The fourth-order valence-corrected chi connectivity index (χ4v) is 4.09. The van der Waals surface area contributed by atoms with E-state index in [1.165, 1.54) is 18.2 Å². The van der Waals surface area contributed by atoms with Crippen molar-refractivity contribution in [3.8, 4) is 0 Å². The minimum atomic E-state index is -4.48. The monoisotopic (exact) mass is 490 g/mol. The van der Waals surface area contributed by atoms with Gasteiger partial charge < -0.3 is 26.0 Å². The predicted molar refractivity (Wildman–Crippen MR) is 120 cm³/mol. The van der Waals surface area contributed by atoms with Crippen LogP contribution in [0.1, 0.15) is 30.4 Å². The first-order chi connectivity index (χ1) is 16.7. The number of halogens is 3. The second-order valence-corrected chi connectivity index (χ2v) is 8.58. The van der Waals surface area contributed by atoms with E-state index in [4.69, 9.17) is 4.74 Å². The van der Waals surface area contributed by atoms with Crippen LogP contribution >= 0.6 is 0 Å². The van der Waals surface area contributed by atoms with E-state index in [9.17, 15) is 27.6 Å². The van der Waals surface area contributed by atoms with Gasteiger partial charge in [-0.25, -0.2) is 0 Å². The average molecular weight is 490 g/mol. The zero-order valence-corrected chi connectivity index (χ0v) is 18.7. The molecule has 4 rings (SSSR count). The van der Waals surface area contributed by atoms with Gasteiger partial charge in [-0.2, -0.15) is 13.2 Å². The number of alkyl halides is 3. The highest BCUT2D eigenvalue weighted by atomic mass is 19.4. The number of hydrogen-bond acceptors (Lipinski definition) is 5. The Morgan fingerprint density at radius 3 is 2.49 bits per heavy atom. The molecule has 2 heterocycles. The molecule has 2 aromatic carbocycles. The number of anilines is 2. The predicted octanol–water partition coefficient (Wildman–Crippen LogP) is 2.62. The maximum atomic E-state index is 13.2. The summed E-state index contributed by atoms with van der Waals surface area (Å²) in [7, 11) is 0. The minimum Gasteiger partial charge on any atom is -0.378 e. The summed E-state index contributed by atoms with van der Waals surface area (Å²) >= 11 is 0. The number of para-hydroxylation sites is 1. The second-order valence-electron chi connectivity index (χ2n) is 8.58. The Labute approximate surface area is 199 Å². The number of carbonyl (C=O) groups excluding carboxylic acids is 3. The largest absolute Gasteiger partial charge is 0.418 e. The Balaban J connectivity index is 1.36. The molecule has 186 valence electrons. The van der Waals surface area contributed by atoms with Crippen molar-refractivity contribution in [2.45, 2.75) is 43.6 Å². The average Bonchev–Trinajstić information content (AvgIpc) is 3.48. The van der Waals surface area contributed by atoms with Crippen molar-refractivity contribution in [3.05, 3.63) is 59.7 Å². The molecular weight excluding hydrogens is 465 g/mol. The van der Waals surface area contributed by atoms with E-state index in [1.807, 2.05) is 0 Å². The van der Waals surface area contributed by atoms with Crippen molar-refractivity contribution in [3.63, 3.8) is 0 Å². The molecule has 0 radical (unpaired) electrons. The summed E-state index contributed by atoms with van der Waals surface area (Å²) in [5, 5.41) is 10.9. The topological polar surface area (TPSA) is 109 Å². The molecule has 3 amide bonds. The third kappa shape index (κ3) is 5.73. The molecule has 0 aromatic heterocycles. The Bertz CT molecular complexity index is 1100. The van der Waals surface area contributed by atoms with Crippen molar-refractivity contribution < 1.29 is 32.3 Å². The lowest BCUT2D eigenvalue weighted by atomic mass is 9.96. The molecule has 8 nitrogen and oxygen atoms in total. The van der Waals surface area contributed by atoms with E-state index in [1.54, 1.807) is 24.3 Å². The van der Waals surface area contributed by atoms with Crippen LogP contribution in [-0.4, -0.2) is 42.5 Å². The Kier molecular flexibility index (Phi) is 6.97. The molecule has 0 bridgehead atoms. The van der Waals surface area contributed by atoms with Crippen molar-refractivity contribution >= 4 is 29.1 Å². The van der Waals surface area contributed by atoms with E-state index in [-0.39, 0.29) is 31.2 Å². The zero-order valence-electron chi connectivity index (χ0n) is 18.7. The molecular formula is C24H25F3N4O4. The number of amides is 3. The molecule has 0 aliphatic carbocycles. The standard InChI is InChI=1S/C24H25F3N4O4/c25-24(26,27)17-3-1-2-4-18(17)29-16-7-5-15(6-8-16)13-28-22(34)23(11-12-35-14-23)31-21(33)19-9-10-20(32)30-19/h1-8,19,29H,9-14H2,(H,28,34)(H,30,32)(H,31,33)/t19?,23-/m0/s1. The van der Waals surface area contributed by atoms with Crippen LogP contribution in [0.5, 0.6) is 0 Å². The van der Waals surface area contributed by atoms with Gasteiger partial charge >= 0.3 is 6.18 Å². The van der Waals surface area contributed by atoms with Gasteiger partial charge in [-0.3, -0.25) is 14.4 Å². The molecule has 2 atom stereocenters. The highest BCUT2D eigenvalue weighted by Gasteiger charge is 2.45. The van der Waals surface area contributed by atoms with Crippen LogP contribution in [0, 0.1) is 0 Å². The summed E-state index contributed by atoms with van der Waals surface area (Å²) in [6, 6.07) is 11.1. The van der Waals surface area contributed by atoms with Crippen LogP contribution in [0.2, 0.25) is 0 Å². The molecule has 1 unspecified atom stereocenters. The number of hydrogen-bond donors (Lipinski definition) is 4. The molecule has 2 aliphatic rings. The van der Waals surface area contributed by atoms with Crippen molar-refractivity contribution in [2.24, 2.45) is 0 Å². The van der Waals surface area contributed by atoms with Crippen LogP contribution in [0.3, 0.4) is 0 Å².